The normalized spacial score (nSPS) is 32.9. The maximum absolute atomic E-state index is 5.18. The van der Waals surface area contributed by atoms with Gasteiger partial charge in [0.15, 0.2) is 0 Å². The average Bonchev–Trinajstić information content (AvgIpc) is 3.08. The van der Waals surface area contributed by atoms with Crippen LogP contribution < -0.4 is 4.90 Å². The Hall–Kier alpha value is -1.20. The van der Waals surface area contributed by atoms with Gasteiger partial charge in [-0.3, -0.25) is 4.90 Å². The smallest absolute Gasteiger partial charge is 0.133 e. The molecule has 178 valence electrons. The van der Waals surface area contributed by atoms with E-state index in [4.69, 9.17) is 9.97 Å². The van der Waals surface area contributed by atoms with Crippen molar-refractivity contribution in [3.8, 4) is 0 Å². The zero-order valence-electron chi connectivity index (χ0n) is 20.9. The Morgan fingerprint density at radius 3 is 2.03 bits per heavy atom. The summed E-state index contributed by atoms with van der Waals surface area (Å²) >= 11 is 0. The Morgan fingerprint density at radius 1 is 0.812 bits per heavy atom. The van der Waals surface area contributed by atoms with Gasteiger partial charge >= 0.3 is 0 Å². The fraction of sp³-hybridized carbons (Fsp3) is 0.852. The van der Waals surface area contributed by atoms with Crippen molar-refractivity contribution >= 4 is 5.82 Å². The number of piperazine rings is 1. The molecule has 0 N–H and O–H groups in total. The third-order valence-corrected chi connectivity index (χ3v) is 9.26. The molecule has 0 aromatic carbocycles. The highest BCUT2D eigenvalue weighted by atomic mass is 15.4. The second kappa shape index (κ2) is 9.58. The minimum Gasteiger partial charge on any atom is -0.348 e. The Bertz CT molecular complexity index is 734. The number of nitrogens with zero attached hydrogens (tertiary/aromatic N) is 5. The van der Waals surface area contributed by atoms with Crippen molar-refractivity contribution in [1.29, 1.82) is 0 Å². The van der Waals surface area contributed by atoms with Crippen molar-refractivity contribution in [3.63, 3.8) is 0 Å². The topological polar surface area (TPSA) is 35.5 Å². The fourth-order valence-corrected chi connectivity index (χ4v) is 7.09. The van der Waals surface area contributed by atoms with Crippen molar-refractivity contribution in [2.24, 2.45) is 11.8 Å². The predicted molar refractivity (Wildman–Crippen MR) is 132 cm³/mol. The minimum atomic E-state index is 0.535. The van der Waals surface area contributed by atoms with Crippen LogP contribution in [0.25, 0.3) is 0 Å². The van der Waals surface area contributed by atoms with Gasteiger partial charge < -0.3 is 9.80 Å². The first-order chi connectivity index (χ1) is 15.5. The second-order valence-corrected chi connectivity index (χ2v) is 11.7. The molecule has 3 aliphatic heterocycles. The summed E-state index contributed by atoms with van der Waals surface area (Å²) in [4.78, 5) is 18.0. The van der Waals surface area contributed by atoms with Gasteiger partial charge in [0.2, 0.25) is 0 Å². The Kier molecular flexibility index (Phi) is 6.76. The molecule has 4 heterocycles. The van der Waals surface area contributed by atoms with Gasteiger partial charge in [-0.25, -0.2) is 9.97 Å². The molecule has 1 saturated carbocycles. The van der Waals surface area contributed by atoms with Crippen LogP contribution in [0.1, 0.15) is 90.8 Å². The van der Waals surface area contributed by atoms with E-state index in [1.807, 2.05) is 6.20 Å². The molecule has 1 aromatic rings. The van der Waals surface area contributed by atoms with Gasteiger partial charge in [-0.15, -0.1) is 0 Å². The van der Waals surface area contributed by atoms with Crippen molar-refractivity contribution < 1.29 is 0 Å². The number of piperidine rings is 1. The molecular weight excluding hydrogens is 394 g/mol. The molecule has 32 heavy (non-hydrogen) atoms. The molecule has 2 unspecified atom stereocenters. The van der Waals surface area contributed by atoms with Crippen molar-refractivity contribution in [3.05, 3.63) is 18.1 Å². The summed E-state index contributed by atoms with van der Waals surface area (Å²) < 4.78 is 0. The molecule has 1 aliphatic carbocycles. The molecule has 5 rings (SSSR count). The summed E-state index contributed by atoms with van der Waals surface area (Å²) in [5.41, 5.74) is 0. The molecular formula is C27H45N5. The number of hydrogen-bond donors (Lipinski definition) is 0. The van der Waals surface area contributed by atoms with E-state index in [0.717, 1.165) is 23.7 Å². The first kappa shape index (κ1) is 22.6. The molecule has 3 saturated heterocycles. The van der Waals surface area contributed by atoms with Crippen LogP contribution in [0.5, 0.6) is 0 Å². The number of hydrogen-bond acceptors (Lipinski definition) is 5. The quantitative estimate of drug-likeness (QED) is 0.650. The van der Waals surface area contributed by atoms with Crippen LogP contribution in [0.15, 0.2) is 12.3 Å². The first-order valence-corrected chi connectivity index (χ1v) is 13.6. The summed E-state index contributed by atoms with van der Waals surface area (Å²) in [7, 11) is 0. The van der Waals surface area contributed by atoms with Crippen molar-refractivity contribution in [2.45, 2.75) is 109 Å². The van der Waals surface area contributed by atoms with E-state index in [0.29, 0.717) is 24.0 Å². The van der Waals surface area contributed by atoms with E-state index in [2.05, 4.69) is 48.5 Å². The van der Waals surface area contributed by atoms with Gasteiger partial charge in [0.05, 0.1) is 0 Å². The summed E-state index contributed by atoms with van der Waals surface area (Å²) in [6, 6.07) is 4.89. The molecule has 0 radical (unpaired) electrons. The van der Waals surface area contributed by atoms with Crippen molar-refractivity contribution in [2.75, 3.05) is 31.1 Å². The molecule has 0 amide bonds. The van der Waals surface area contributed by atoms with Crippen LogP contribution in [-0.2, 0) is 0 Å². The Labute approximate surface area is 196 Å². The first-order valence-electron chi connectivity index (χ1n) is 13.6. The standard InChI is InChI=1S/C27H45N5/c1-19(2)21-5-7-23(8-6-21)30-15-12-22(13-16-30)27-28-14-11-26(29-27)32-24-9-10-25(32)18-31(17-24)20(3)4/h11,14,19-25H,5-10,12-13,15-18H2,1-4H3/t21-,23+,24?,25?. The van der Waals surface area contributed by atoms with Gasteiger partial charge in [0, 0.05) is 49.4 Å². The van der Waals surface area contributed by atoms with Gasteiger partial charge in [0.25, 0.3) is 0 Å². The second-order valence-electron chi connectivity index (χ2n) is 11.7. The molecule has 5 nitrogen and oxygen atoms in total. The highest BCUT2D eigenvalue weighted by molar-refractivity contribution is 5.44. The van der Waals surface area contributed by atoms with E-state index in [1.54, 1.807) is 0 Å². The lowest BCUT2D eigenvalue weighted by Crippen LogP contribution is -2.55. The molecule has 1 aromatic heterocycles. The van der Waals surface area contributed by atoms with Crippen LogP contribution in [0.4, 0.5) is 5.82 Å². The van der Waals surface area contributed by atoms with Crippen LogP contribution in [0.2, 0.25) is 0 Å². The van der Waals surface area contributed by atoms with Gasteiger partial charge in [-0.1, -0.05) is 13.8 Å². The van der Waals surface area contributed by atoms with Crippen LogP contribution in [0.3, 0.4) is 0 Å². The zero-order valence-corrected chi connectivity index (χ0v) is 20.9. The average molecular weight is 440 g/mol. The molecule has 4 fully saturated rings. The Morgan fingerprint density at radius 2 is 1.44 bits per heavy atom. The number of likely N-dealkylation sites (tertiary alicyclic amines) is 2. The SMILES string of the molecule is CC(C)N1CC2CCC(C1)N2c1ccnc(C2CCN([C@H]3CC[C@@H](C(C)C)CC3)CC2)n1. The highest BCUT2D eigenvalue weighted by Crippen LogP contribution is 2.37. The Balaban J connectivity index is 1.19. The molecule has 0 spiro atoms. The van der Waals surface area contributed by atoms with Crippen LogP contribution in [-0.4, -0.2) is 70.1 Å². The lowest BCUT2D eigenvalue weighted by Gasteiger charge is -2.43. The monoisotopic (exact) mass is 439 g/mol. The van der Waals surface area contributed by atoms with Gasteiger partial charge in [-0.05, 0) is 96.2 Å². The van der Waals surface area contributed by atoms with E-state index in [1.165, 1.54) is 83.4 Å². The maximum Gasteiger partial charge on any atom is 0.133 e. The molecule has 2 bridgehead atoms. The molecule has 2 atom stereocenters. The number of fused-ring (bicyclic) bond motifs is 2. The summed E-state index contributed by atoms with van der Waals surface area (Å²) in [5, 5.41) is 0. The van der Waals surface area contributed by atoms with Gasteiger partial charge in [0.1, 0.15) is 11.6 Å². The summed E-state index contributed by atoms with van der Waals surface area (Å²) in [6.45, 7) is 14.3. The third-order valence-electron chi connectivity index (χ3n) is 9.26. The largest absolute Gasteiger partial charge is 0.348 e. The number of rotatable bonds is 5. The van der Waals surface area contributed by atoms with E-state index < -0.39 is 0 Å². The third kappa shape index (κ3) is 4.57. The fourth-order valence-electron chi connectivity index (χ4n) is 7.09. The maximum atomic E-state index is 5.18. The number of anilines is 1. The molecule has 5 heteroatoms. The minimum absolute atomic E-state index is 0.535. The van der Waals surface area contributed by atoms with E-state index >= 15 is 0 Å². The van der Waals surface area contributed by atoms with Gasteiger partial charge in [-0.2, -0.15) is 0 Å². The van der Waals surface area contributed by atoms with E-state index in [-0.39, 0.29) is 0 Å². The lowest BCUT2D eigenvalue weighted by atomic mass is 9.78. The zero-order chi connectivity index (χ0) is 22.2. The molecule has 4 aliphatic rings. The number of aromatic nitrogens is 2. The van der Waals surface area contributed by atoms with Crippen molar-refractivity contribution in [1.82, 2.24) is 19.8 Å². The highest BCUT2D eigenvalue weighted by Gasteiger charge is 2.41. The predicted octanol–water partition coefficient (Wildman–Crippen LogP) is 4.93. The lowest BCUT2D eigenvalue weighted by molar-refractivity contribution is 0.0972. The van der Waals surface area contributed by atoms with E-state index in [9.17, 15) is 0 Å². The summed E-state index contributed by atoms with van der Waals surface area (Å²) in [6.07, 6.45) is 12.8. The van der Waals surface area contributed by atoms with Crippen LogP contribution >= 0.6 is 0 Å². The van der Waals surface area contributed by atoms with Crippen LogP contribution in [0, 0.1) is 11.8 Å². The summed E-state index contributed by atoms with van der Waals surface area (Å²) in [5.74, 6) is 4.65.